The number of furan rings is 1. The summed E-state index contributed by atoms with van der Waals surface area (Å²) in [6.45, 7) is 0. The van der Waals surface area contributed by atoms with Gasteiger partial charge >= 0.3 is 6.01 Å². The highest BCUT2D eigenvalue weighted by atomic mass is 19.1. The number of carbonyl (C=O) groups excluding carboxylic acids is 1. The van der Waals surface area contributed by atoms with E-state index in [1.807, 2.05) is 12.1 Å². The van der Waals surface area contributed by atoms with E-state index in [2.05, 4.69) is 20.5 Å². The highest BCUT2D eigenvalue weighted by Gasteiger charge is 2.18. The minimum absolute atomic E-state index is 0.0596. The lowest BCUT2D eigenvalue weighted by molar-refractivity contribution is 0.102. The summed E-state index contributed by atoms with van der Waals surface area (Å²) in [6.07, 6.45) is 1.48. The number of carbonyl (C=O) groups is 1. The predicted molar refractivity (Wildman–Crippen MR) is 107 cm³/mol. The van der Waals surface area contributed by atoms with Gasteiger partial charge in [-0.15, -0.1) is 5.10 Å². The quantitative estimate of drug-likeness (QED) is 0.459. The molecule has 146 valence electrons. The maximum Gasteiger partial charge on any atom is 0.322 e. The SMILES string of the molecule is O=C(Nc1nnc(-c2ccco2)o1)c1cc(-c2ccc(F)cc2)nc2ccccc12. The summed E-state index contributed by atoms with van der Waals surface area (Å²) in [6, 6.07) is 18.1. The molecule has 0 spiro atoms. The number of halogens is 1. The average Bonchev–Trinajstić information content (AvgIpc) is 3.45. The first-order valence-electron chi connectivity index (χ1n) is 9.02. The molecule has 0 aliphatic rings. The molecule has 7 nitrogen and oxygen atoms in total. The van der Waals surface area contributed by atoms with Gasteiger partial charge in [0.25, 0.3) is 11.8 Å². The van der Waals surface area contributed by atoms with E-state index in [9.17, 15) is 9.18 Å². The van der Waals surface area contributed by atoms with E-state index in [0.29, 0.717) is 33.5 Å². The molecule has 0 bridgehead atoms. The zero-order chi connectivity index (χ0) is 20.5. The van der Waals surface area contributed by atoms with E-state index < -0.39 is 5.91 Å². The molecule has 0 saturated heterocycles. The number of anilines is 1. The predicted octanol–water partition coefficient (Wildman–Crippen LogP) is 4.94. The third-order valence-electron chi connectivity index (χ3n) is 4.48. The van der Waals surface area contributed by atoms with E-state index in [0.717, 1.165) is 0 Å². The van der Waals surface area contributed by atoms with Crippen LogP contribution >= 0.6 is 0 Å². The number of aromatic nitrogens is 3. The Bertz CT molecular complexity index is 1340. The molecule has 0 aliphatic carbocycles. The summed E-state index contributed by atoms with van der Waals surface area (Å²) in [5.41, 5.74) is 2.23. The number of pyridine rings is 1. The van der Waals surface area contributed by atoms with Crippen molar-refractivity contribution in [1.29, 1.82) is 0 Å². The summed E-state index contributed by atoms with van der Waals surface area (Å²) < 4.78 is 24.0. The van der Waals surface area contributed by atoms with Gasteiger partial charge in [-0.05, 0) is 48.5 Å². The van der Waals surface area contributed by atoms with E-state index in [1.54, 1.807) is 42.5 Å². The first-order chi connectivity index (χ1) is 14.7. The van der Waals surface area contributed by atoms with Crippen molar-refractivity contribution in [3.8, 4) is 22.9 Å². The second-order valence-electron chi connectivity index (χ2n) is 6.42. The molecule has 5 rings (SSSR count). The van der Waals surface area contributed by atoms with Crippen LogP contribution in [0.5, 0.6) is 0 Å². The van der Waals surface area contributed by atoms with Crippen LogP contribution in [0.1, 0.15) is 10.4 Å². The van der Waals surface area contributed by atoms with Crippen molar-refractivity contribution in [1.82, 2.24) is 15.2 Å². The second-order valence-corrected chi connectivity index (χ2v) is 6.42. The minimum atomic E-state index is -0.438. The van der Waals surface area contributed by atoms with Gasteiger partial charge in [-0.1, -0.05) is 23.3 Å². The van der Waals surface area contributed by atoms with Crippen LogP contribution in [0.2, 0.25) is 0 Å². The third-order valence-corrected chi connectivity index (χ3v) is 4.48. The van der Waals surface area contributed by atoms with Gasteiger partial charge in [0.1, 0.15) is 5.82 Å². The van der Waals surface area contributed by atoms with Gasteiger partial charge in [-0.3, -0.25) is 10.1 Å². The third kappa shape index (κ3) is 3.30. The Kier molecular flexibility index (Phi) is 4.29. The Morgan fingerprint density at radius 3 is 2.60 bits per heavy atom. The lowest BCUT2D eigenvalue weighted by Crippen LogP contribution is -2.13. The molecule has 0 unspecified atom stereocenters. The number of amides is 1. The van der Waals surface area contributed by atoms with Crippen LogP contribution in [0.3, 0.4) is 0 Å². The Hall–Kier alpha value is -4.33. The van der Waals surface area contributed by atoms with Crippen molar-refractivity contribution in [2.24, 2.45) is 0 Å². The van der Waals surface area contributed by atoms with Crippen LogP contribution in [0, 0.1) is 5.82 Å². The van der Waals surface area contributed by atoms with Crippen molar-refractivity contribution in [3.05, 3.63) is 84.4 Å². The molecule has 3 aromatic heterocycles. The number of nitrogens with zero attached hydrogens (tertiary/aromatic N) is 3. The standard InChI is InChI=1S/C22H13FN4O3/c23-14-9-7-13(8-10-14)18-12-16(15-4-1-2-5-17(15)24-18)20(28)25-22-27-26-21(30-22)19-6-3-11-29-19/h1-12H,(H,25,27,28). The van der Waals surface area contributed by atoms with Crippen LogP contribution in [-0.4, -0.2) is 21.1 Å². The zero-order valence-electron chi connectivity index (χ0n) is 15.4. The number of para-hydroxylation sites is 1. The summed E-state index contributed by atoms with van der Waals surface area (Å²) in [5, 5.41) is 11.0. The fraction of sp³-hybridized carbons (Fsp3) is 0. The monoisotopic (exact) mass is 400 g/mol. The Balaban J connectivity index is 1.52. The molecule has 3 heterocycles. The number of benzene rings is 2. The minimum Gasteiger partial charge on any atom is -0.459 e. The van der Waals surface area contributed by atoms with Gasteiger partial charge in [0.05, 0.1) is 23.0 Å². The van der Waals surface area contributed by atoms with Gasteiger partial charge in [-0.25, -0.2) is 9.37 Å². The van der Waals surface area contributed by atoms with Crippen molar-refractivity contribution in [2.45, 2.75) is 0 Å². The van der Waals surface area contributed by atoms with Crippen LogP contribution < -0.4 is 5.32 Å². The highest BCUT2D eigenvalue weighted by molar-refractivity contribution is 6.12. The number of hydrogen-bond donors (Lipinski definition) is 1. The van der Waals surface area contributed by atoms with Crippen molar-refractivity contribution in [3.63, 3.8) is 0 Å². The normalized spacial score (nSPS) is 11.0. The molecule has 30 heavy (non-hydrogen) atoms. The highest BCUT2D eigenvalue weighted by Crippen LogP contribution is 2.26. The molecule has 8 heteroatoms. The largest absolute Gasteiger partial charge is 0.459 e. The molecule has 0 radical (unpaired) electrons. The van der Waals surface area contributed by atoms with E-state index >= 15 is 0 Å². The molecule has 1 N–H and O–H groups in total. The Morgan fingerprint density at radius 2 is 1.80 bits per heavy atom. The molecule has 0 aliphatic heterocycles. The smallest absolute Gasteiger partial charge is 0.322 e. The molecule has 2 aromatic carbocycles. The molecular formula is C22H13FN4O3. The van der Waals surface area contributed by atoms with Crippen molar-refractivity contribution in [2.75, 3.05) is 5.32 Å². The van der Waals surface area contributed by atoms with Gasteiger partial charge in [0.15, 0.2) is 5.76 Å². The molecule has 0 atom stereocenters. The first-order valence-corrected chi connectivity index (χ1v) is 9.02. The second kappa shape index (κ2) is 7.25. The lowest BCUT2D eigenvalue weighted by atomic mass is 10.0. The lowest BCUT2D eigenvalue weighted by Gasteiger charge is -2.09. The number of rotatable bonds is 4. The summed E-state index contributed by atoms with van der Waals surface area (Å²) in [4.78, 5) is 17.6. The number of hydrogen-bond acceptors (Lipinski definition) is 6. The maximum atomic E-state index is 13.3. The van der Waals surface area contributed by atoms with E-state index in [4.69, 9.17) is 8.83 Å². The van der Waals surface area contributed by atoms with Crippen molar-refractivity contribution >= 4 is 22.8 Å². The Labute approximate surface area is 169 Å². The van der Waals surface area contributed by atoms with Gasteiger partial charge in [0.2, 0.25) is 0 Å². The summed E-state index contributed by atoms with van der Waals surface area (Å²) in [7, 11) is 0. The topological polar surface area (TPSA) is 94.1 Å². The van der Waals surface area contributed by atoms with E-state index in [-0.39, 0.29) is 17.7 Å². The van der Waals surface area contributed by atoms with Crippen LogP contribution in [0.15, 0.2) is 81.8 Å². The van der Waals surface area contributed by atoms with Crippen LogP contribution in [-0.2, 0) is 0 Å². The fourth-order valence-electron chi connectivity index (χ4n) is 3.07. The van der Waals surface area contributed by atoms with Gasteiger partial charge in [0, 0.05) is 10.9 Å². The number of fused-ring (bicyclic) bond motifs is 1. The van der Waals surface area contributed by atoms with Crippen LogP contribution in [0.4, 0.5) is 10.4 Å². The molecule has 5 aromatic rings. The van der Waals surface area contributed by atoms with E-state index in [1.165, 1.54) is 18.4 Å². The first kappa shape index (κ1) is 17.7. The fourth-order valence-corrected chi connectivity index (χ4v) is 3.07. The van der Waals surface area contributed by atoms with Crippen LogP contribution in [0.25, 0.3) is 33.8 Å². The van der Waals surface area contributed by atoms with Gasteiger partial charge in [-0.2, -0.15) is 0 Å². The average molecular weight is 400 g/mol. The molecule has 0 fully saturated rings. The van der Waals surface area contributed by atoms with Crippen molar-refractivity contribution < 1.29 is 18.0 Å². The molecular weight excluding hydrogens is 387 g/mol. The number of nitrogens with one attached hydrogen (secondary N) is 1. The molecule has 0 saturated carbocycles. The summed E-state index contributed by atoms with van der Waals surface area (Å²) in [5.74, 6) is -0.231. The zero-order valence-corrected chi connectivity index (χ0v) is 15.4. The Morgan fingerprint density at radius 1 is 0.967 bits per heavy atom. The summed E-state index contributed by atoms with van der Waals surface area (Å²) >= 11 is 0. The van der Waals surface area contributed by atoms with Gasteiger partial charge < -0.3 is 8.83 Å². The maximum absolute atomic E-state index is 13.3. The molecule has 1 amide bonds.